The molecule has 86 valence electrons. The monoisotopic (exact) mass is 263 g/mol. The van der Waals surface area contributed by atoms with Crippen LogP contribution < -0.4 is 0 Å². The van der Waals surface area contributed by atoms with E-state index in [4.69, 9.17) is 11.6 Å². The van der Waals surface area contributed by atoms with Crippen LogP contribution in [0.2, 0.25) is 5.15 Å². The van der Waals surface area contributed by atoms with Gasteiger partial charge in [0.05, 0.1) is 0 Å². The van der Waals surface area contributed by atoms with E-state index in [9.17, 15) is 0 Å². The molecular weight excluding hydrogens is 254 g/mol. The number of rotatable bonds is 3. The van der Waals surface area contributed by atoms with Crippen molar-refractivity contribution in [1.82, 2.24) is 9.97 Å². The first-order valence-corrected chi connectivity index (χ1v) is 6.14. The Morgan fingerprint density at radius 1 is 1.18 bits per heavy atom. The van der Waals surface area contributed by atoms with Gasteiger partial charge in [-0.3, -0.25) is 0 Å². The molecule has 0 saturated heterocycles. The molecule has 2 rings (SSSR count). The lowest BCUT2D eigenvalue weighted by atomic mass is 10.2. The van der Waals surface area contributed by atoms with Gasteiger partial charge in [0.1, 0.15) is 0 Å². The number of hydrogen-bond donors (Lipinski definition) is 0. The van der Waals surface area contributed by atoms with Crippen molar-refractivity contribution in [2.45, 2.75) is 11.9 Å². The van der Waals surface area contributed by atoms with E-state index in [0.717, 1.165) is 5.56 Å². The van der Waals surface area contributed by atoms with Crippen molar-refractivity contribution < 1.29 is 0 Å². The summed E-state index contributed by atoms with van der Waals surface area (Å²) in [6.45, 7) is 2.05. The van der Waals surface area contributed by atoms with Crippen LogP contribution in [0.15, 0.2) is 46.1 Å². The Labute approximate surface area is 109 Å². The summed E-state index contributed by atoms with van der Waals surface area (Å²) in [6.07, 6.45) is 4.92. The van der Waals surface area contributed by atoms with Crippen LogP contribution in [0.1, 0.15) is 11.1 Å². The highest BCUT2D eigenvalue weighted by Gasteiger charge is 2.00. The highest BCUT2D eigenvalue weighted by molar-refractivity contribution is 7.98. The summed E-state index contributed by atoms with van der Waals surface area (Å²) in [7, 11) is 0. The number of aromatic nitrogens is 2. The van der Waals surface area contributed by atoms with Crippen molar-refractivity contribution in [2.24, 2.45) is 4.40 Å². The third-order valence-corrected chi connectivity index (χ3v) is 3.11. The van der Waals surface area contributed by atoms with E-state index >= 15 is 0 Å². The summed E-state index contributed by atoms with van der Waals surface area (Å²) >= 11 is 7.07. The lowest BCUT2D eigenvalue weighted by Crippen LogP contribution is -1.83. The average Bonchev–Trinajstić information content (AvgIpc) is 2.34. The molecule has 0 bridgehead atoms. The lowest BCUT2D eigenvalue weighted by Gasteiger charge is -1.96. The molecule has 1 aromatic heterocycles. The molecule has 0 N–H and O–H groups in total. The van der Waals surface area contributed by atoms with Gasteiger partial charge in [-0.15, -0.1) is 0 Å². The highest BCUT2D eigenvalue weighted by atomic mass is 35.5. The van der Waals surface area contributed by atoms with Gasteiger partial charge < -0.3 is 0 Å². The molecule has 0 amide bonds. The maximum absolute atomic E-state index is 5.86. The molecule has 0 spiro atoms. The van der Waals surface area contributed by atoms with Crippen molar-refractivity contribution in [3.8, 4) is 0 Å². The smallest absolute Gasteiger partial charge is 0.163 e. The van der Waals surface area contributed by atoms with Gasteiger partial charge >= 0.3 is 0 Å². The third-order valence-electron chi connectivity index (χ3n) is 2.04. The third kappa shape index (κ3) is 3.54. The highest BCUT2D eigenvalue weighted by Crippen LogP contribution is 2.22. The van der Waals surface area contributed by atoms with Crippen LogP contribution in [0.25, 0.3) is 0 Å². The molecule has 0 saturated carbocycles. The summed E-state index contributed by atoms with van der Waals surface area (Å²) in [5.74, 6) is 0. The summed E-state index contributed by atoms with van der Waals surface area (Å²) < 4.78 is 4.21. The van der Waals surface area contributed by atoms with Crippen LogP contribution in [0.4, 0.5) is 0 Å². The Morgan fingerprint density at radius 2 is 1.88 bits per heavy atom. The molecule has 5 heteroatoms. The molecule has 0 radical (unpaired) electrons. The number of nitrogens with zero attached hydrogens (tertiary/aromatic N) is 3. The normalized spacial score (nSPS) is 10.9. The van der Waals surface area contributed by atoms with Gasteiger partial charge in [-0.2, -0.15) is 0 Å². The van der Waals surface area contributed by atoms with Crippen LogP contribution in [0.3, 0.4) is 0 Å². The minimum atomic E-state index is 0.374. The van der Waals surface area contributed by atoms with E-state index in [-0.39, 0.29) is 0 Å². The van der Waals surface area contributed by atoms with Crippen LogP contribution in [-0.2, 0) is 0 Å². The molecule has 3 nitrogen and oxygen atoms in total. The van der Waals surface area contributed by atoms with Crippen LogP contribution >= 0.6 is 23.5 Å². The van der Waals surface area contributed by atoms with Crippen molar-refractivity contribution >= 4 is 29.8 Å². The van der Waals surface area contributed by atoms with E-state index in [0.29, 0.717) is 10.2 Å². The molecule has 0 aliphatic carbocycles. The Balaban J connectivity index is 2.03. The summed E-state index contributed by atoms with van der Waals surface area (Å²) in [5.41, 5.74) is 2.27. The van der Waals surface area contributed by atoms with Crippen molar-refractivity contribution in [3.63, 3.8) is 0 Å². The minimum absolute atomic E-state index is 0.374. The standard InChI is InChI=1S/C12H10ClN3S/c1-9-2-4-10(5-3-9)8-16-17-12-11(13)14-6-7-15-12/h2-8H,1H3/b16-8-. The number of aryl methyl sites for hydroxylation is 1. The summed E-state index contributed by atoms with van der Waals surface area (Å²) in [5, 5.41) is 0.982. The van der Waals surface area contributed by atoms with E-state index in [2.05, 4.69) is 21.3 Å². The van der Waals surface area contributed by atoms with E-state index in [1.54, 1.807) is 18.6 Å². The molecular formula is C12H10ClN3S. The fourth-order valence-corrected chi connectivity index (χ4v) is 1.88. The summed E-state index contributed by atoms with van der Waals surface area (Å²) in [6, 6.07) is 8.11. The lowest BCUT2D eigenvalue weighted by molar-refractivity contribution is 1.06. The number of benzene rings is 1. The molecule has 2 aromatic rings. The molecule has 0 atom stereocenters. The molecule has 0 aliphatic heterocycles. The molecule has 0 fully saturated rings. The van der Waals surface area contributed by atoms with Gasteiger partial charge in [-0.05, 0) is 12.5 Å². The Hall–Kier alpha value is -1.39. The first kappa shape index (κ1) is 12.1. The number of halogens is 1. The van der Waals surface area contributed by atoms with Crippen molar-refractivity contribution in [2.75, 3.05) is 0 Å². The van der Waals surface area contributed by atoms with Gasteiger partial charge in [0, 0.05) is 30.6 Å². The second kappa shape index (κ2) is 5.80. The van der Waals surface area contributed by atoms with Gasteiger partial charge in [0.15, 0.2) is 10.2 Å². The van der Waals surface area contributed by atoms with E-state index in [1.807, 2.05) is 24.3 Å². The molecule has 17 heavy (non-hydrogen) atoms. The zero-order chi connectivity index (χ0) is 12.1. The molecule has 0 aliphatic rings. The Kier molecular flexibility index (Phi) is 4.12. The number of hydrogen-bond acceptors (Lipinski definition) is 4. The van der Waals surface area contributed by atoms with E-state index < -0.39 is 0 Å². The predicted molar refractivity (Wildman–Crippen MR) is 71.7 cm³/mol. The van der Waals surface area contributed by atoms with Crippen molar-refractivity contribution in [1.29, 1.82) is 0 Å². The maximum atomic E-state index is 5.86. The molecule has 0 unspecified atom stereocenters. The first-order chi connectivity index (χ1) is 8.25. The van der Waals surface area contributed by atoms with Gasteiger partial charge in [0.2, 0.25) is 0 Å². The minimum Gasteiger partial charge on any atom is -0.243 e. The fraction of sp³-hybridized carbons (Fsp3) is 0.0833. The largest absolute Gasteiger partial charge is 0.243 e. The van der Waals surface area contributed by atoms with Gasteiger partial charge in [-0.25, -0.2) is 14.4 Å². The predicted octanol–water partition coefficient (Wildman–Crippen LogP) is 3.56. The van der Waals surface area contributed by atoms with Gasteiger partial charge in [-0.1, -0.05) is 41.4 Å². The van der Waals surface area contributed by atoms with Crippen molar-refractivity contribution in [3.05, 3.63) is 52.9 Å². The van der Waals surface area contributed by atoms with Crippen LogP contribution in [0.5, 0.6) is 0 Å². The zero-order valence-electron chi connectivity index (χ0n) is 9.17. The summed E-state index contributed by atoms with van der Waals surface area (Å²) in [4.78, 5) is 8.00. The average molecular weight is 264 g/mol. The second-order valence-electron chi connectivity index (χ2n) is 3.39. The molecule has 1 aromatic carbocycles. The topological polar surface area (TPSA) is 38.1 Å². The quantitative estimate of drug-likeness (QED) is 0.628. The Morgan fingerprint density at radius 3 is 2.59 bits per heavy atom. The van der Waals surface area contributed by atoms with Crippen LogP contribution in [0, 0.1) is 6.92 Å². The first-order valence-electron chi connectivity index (χ1n) is 4.99. The second-order valence-corrected chi connectivity index (χ2v) is 4.53. The zero-order valence-corrected chi connectivity index (χ0v) is 10.7. The van der Waals surface area contributed by atoms with Gasteiger partial charge in [0.25, 0.3) is 0 Å². The van der Waals surface area contributed by atoms with Crippen LogP contribution in [-0.4, -0.2) is 16.2 Å². The maximum Gasteiger partial charge on any atom is 0.163 e. The Bertz CT molecular complexity index is 526. The molecule has 1 heterocycles. The van der Waals surface area contributed by atoms with E-state index in [1.165, 1.54) is 17.5 Å². The SMILES string of the molecule is Cc1ccc(/C=N\Sc2nccnc2Cl)cc1. The fourth-order valence-electron chi connectivity index (χ4n) is 1.16.